The number of hydrogen-bond acceptors (Lipinski definition) is 3. The lowest BCUT2D eigenvalue weighted by atomic mass is 10.1. The second-order valence-corrected chi connectivity index (χ2v) is 6.16. The van der Waals surface area contributed by atoms with Crippen LogP contribution >= 0.6 is 0 Å². The maximum absolute atomic E-state index is 13.5. The van der Waals surface area contributed by atoms with Crippen molar-refractivity contribution in [3.8, 4) is 0 Å². The molecule has 2 aromatic carbocycles. The van der Waals surface area contributed by atoms with Gasteiger partial charge in [0.1, 0.15) is 11.9 Å². The van der Waals surface area contributed by atoms with Gasteiger partial charge < -0.3 is 4.90 Å². The van der Waals surface area contributed by atoms with Gasteiger partial charge in [0.2, 0.25) is 0 Å². The van der Waals surface area contributed by atoms with Crippen molar-refractivity contribution in [3.05, 3.63) is 65.5 Å². The van der Waals surface area contributed by atoms with Gasteiger partial charge in [-0.1, -0.05) is 18.2 Å². The van der Waals surface area contributed by atoms with Crippen LogP contribution in [0, 0.1) is 5.82 Å². The molecule has 0 spiro atoms. The Kier molecular flexibility index (Phi) is 3.60. The van der Waals surface area contributed by atoms with Crippen LogP contribution in [0.3, 0.4) is 0 Å². The molecule has 0 aromatic heterocycles. The van der Waals surface area contributed by atoms with E-state index >= 15 is 0 Å². The molecule has 0 radical (unpaired) electrons. The topological polar surface area (TPSA) is 57.7 Å². The molecule has 2 aliphatic rings. The van der Waals surface area contributed by atoms with E-state index in [1.165, 1.54) is 23.1 Å². The predicted octanol–water partition coefficient (Wildman–Crippen LogP) is 2.62. The first-order valence-electron chi connectivity index (χ1n) is 8.12. The molecule has 0 bridgehead atoms. The summed E-state index contributed by atoms with van der Waals surface area (Å²) in [5.41, 5.74) is 0.633. The molecule has 25 heavy (non-hydrogen) atoms. The SMILES string of the molecule is O=C(c1cccc(F)c1)N1C(=O)C2CCCN2C(=O)c2ccccc21. The Morgan fingerprint density at radius 3 is 2.68 bits per heavy atom. The van der Waals surface area contributed by atoms with E-state index in [1.54, 1.807) is 24.3 Å². The smallest absolute Gasteiger partial charge is 0.265 e. The highest BCUT2D eigenvalue weighted by atomic mass is 19.1. The van der Waals surface area contributed by atoms with Gasteiger partial charge in [0.15, 0.2) is 0 Å². The van der Waals surface area contributed by atoms with Crippen LogP contribution in [0.5, 0.6) is 0 Å². The molecule has 2 heterocycles. The van der Waals surface area contributed by atoms with Crippen LogP contribution in [-0.4, -0.2) is 35.2 Å². The van der Waals surface area contributed by atoms with Crippen LogP contribution in [0.15, 0.2) is 48.5 Å². The van der Waals surface area contributed by atoms with Gasteiger partial charge in [-0.05, 0) is 43.2 Å². The van der Waals surface area contributed by atoms with Gasteiger partial charge in [0.05, 0.1) is 11.3 Å². The number of benzene rings is 2. The van der Waals surface area contributed by atoms with Crippen molar-refractivity contribution in [2.45, 2.75) is 18.9 Å². The maximum Gasteiger partial charge on any atom is 0.265 e. The molecule has 3 amide bonds. The summed E-state index contributed by atoms with van der Waals surface area (Å²) in [6.45, 7) is 0.492. The molecule has 2 aromatic rings. The van der Waals surface area contributed by atoms with Gasteiger partial charge >= 0.3 is 0 Å². The van der Waals surface area contributed by atoms with Crippen LogP contribution in [0.2, 0.25) is 0 Å². The van der Waals surface area contributed by atoms with E-state index < -0.39 is 23.7 Å². The number of nitrogens with zero attached hydrogens (tertiary/aromatic N) is 2. The minimum absolute atomic E-state index is 0.0713. The summed E-state index contributed by atoms with van der Waals surface area (Å²) in [7, 11) is 0. The lowest BCUT2D eigenvalue weighted by Crippen LogP contribution is -2.47. The molecule has 1 saturated heterocycles. The number of carbonyl (C=O) groups is 3. The molecule has 1 fully saturated rings. The third-order valence-electron chi connectivity index (χ3n) is 4.67. The number of hydrogen-bond donors (Lipinski definition) is 0. The monoisotopic (exact) mass is 338 g/mol. The number of amides is 3. The lowest BCUT2D eigenvalue weighted by molar-refractivity contribution is -0.121. The lowest BCUT2D eigenvalue weighted by Gasteiger charge is -2.24. The van der Waals surface area contributed by atoms with Crippen LogP contribution < -0.4 is 4.90 Å². The summed E-state index contributed by atoms with van der Waals surface area (Å²) in [5.74, 6) is -1.87. The molecular formula is C19H15FN2O3. The number of para-hydroxylation sites is 1. The Morgan fingerprint density at radius 1 is 1.08 bits per heavy atom. The summed E-state index contributed by atoms with van der Waals surface area (Å²) < 4.78 is 13.5. The Morgan fingerprint density at radius 2 is 1.88 bits per heavy atom. The second-order valence-electron chi connectivity index (χ2n) is 6.16. The van der Waals surface area contributed by atoms with E-state index in [-0.39, 0.29) is 17.2 Å². The van der Waals surface area contributed by atoms with E-state index in [0.717, 1.165) is 11.0 Å². The number of anilines is 1. The van der Waals surface area contributed by atoms with E-state index in [1.807, 2.05) is 0 Å². The van der Waals surface area contributed by atoms with Crippen LogP contribution in [0.1, 0.15) is 33.6 Å². The minimum atomic E-state index is -0.655. The standard InChI is InChI=1S/C19H15FN2O3/c20-13-6-3-5-12(11-13)17(23)22-15-8-2-1-7-14(15)18(24)21-10-4-9-16(21)19(22)25/h1-3,5-8,11,16H,4,9-10H2. The second kappa shape index (κ2) is 5.81. The zero-order valence-electron chi connectivity index (χ0n) is 13.3. The van der Waals surface area contributed by atoms with Crippen molar-refractivity contribution < 1.29 is 18.8 Å². The fourth-order valence-corrected chi connectivity index (χ4v) is 3.50. The first-order valence-corrected chi connectivity index (χ1v) is 8.12. The molecule has 6 heteroatoms. The third kappa shape index (κ3) is 2.41. The van der Waals surface area contributed by atoms with Gasteiger partial charge in [0.25, 0.3) is 17.7 Å². The number of halogens is 1. The van der Waals surface area contributed by atoms with E-state index in [0.29, 0.717) is 24.9 Å². The summed E-state index contributed by atoms with van der Waals surface area (Å²) >= 11 is 0. The van der Waals surface area contributed by atoms with Crippen molar-refractivity contribution in [2.24, 2.45) is 0 Å². The van der Waals surface area contributed by atoms with Gasteiger partial charge in [-0.2, -0.15) is 0 Å². The van der Waals surface area contributed by atoms with Crippen molar-refractivity contribution in [2.75, 3.05) is 11.4 Å². The summed E-state index contributed by atoms with van der Waals surface area (Å²) in [4.78, 5) is 41.4. The Hall–Kier alpha value is -3.02. The van der Waals surface area contributed by atoms with Crippen LogP contribution in [0.25, 0.3) is 0 Å². The van der Waals surface area contributed by atoms with Gasteiger partial charge in [0, 0.05) is 12.1 Å². The molecule has 1 atom stereocenters. The zero-order chi connectivity index (χ0) is 17.6. The first-order chi connectivity index (χ1) is 12.1. The molecular weight excluding hydrogens is 323 g/mol. The van der Waals surface area contributed by atoms with Crippen molar-refractivity contribution in [1.29, 1.82) is 0 Å². The minimum Gasteiger partial charge on any atom is -0.327 e. The number of fused-ring (bicyclic) bond motifs is 2. The number of rotatable bonds is 1. The molecule has 0 aliphatic carbocycles. The number of carbonyl (C=O) groups excluding carboxylic acids is 3. The number of imide groups is 1. The molecule has 0 saturated carbocycles. The van der Waals surface area contributed by atoms with Crippen LogP contribution in [0.4, 0.5) is 10.1 Å². The normalized spacial score (nSPS) is 19.5. The maximum atomic E-state index is 13.5. The highest BCUT2D eigenvalue weighted by Gasteiger charge is 2.44. The van der Waals surface area contributed by atoms with Gasteiger partial charge in [-0.3, -0.25) is 14.4 Å². The average molecular weight is 338 g/mol. The van der Waals surface area contributed by atoms with Crippen molar-refractivity contribution in [1.82, 2.24) is 4.90 Å². The molecule has 4 rings (SSSR count). The fraction of sp³-hybridized carbons (Fsp3) is 0.211. The molecule has 1 unspecified atom stereocenters. The summed E-state index contributed by atoms with van der Waals surface area (Å²) in [5, 5.41) is 0. The highest BCUT2D eigenvalue weighted by Crippen LogP contribution is 2.33. The average Bonchev–Trinajstić information content (AvgIpc) is 3.08. The Labute approximate surface area is 143 Å². The third-order valence-corrected chi connectivity index (χ3v) is 4.67. The van der Waals surface area contributed by atoms with Gasteiger partial charge in [-0.25, -0.2) is 9.29 Å². The molecule has 126 valence electrons. The first kappa shape index (κ1) is 15.5. The van der Waals surface area contributed by atoms with E-state index in [9.17, 15) is 18.8 Å². The van der Waals surface area contributed by atoms with E-state index in [4.69, 9.17) is 0 Å². The quantitative estimate of drug-likeness (QED) is 0.751. The summed E-state index contributed by atoms with van der Waals surface area (Å²) in [6.07, 6.45) is 1.23. The highest BCUT2D eigenvalue weighted by molar-refractivity contribution is 6.26. The van der Waals surface area contributed by atoms with E-state index in [2.05, 4.69) is 0 Å². The molecule has 0 N–H and O–H groups in total. The Balaban J connectivity index is 1.87. The largest absolute Gasteiger partial charge is 0.327 e. The van der Waals surface area contributed by atoms with Gasteiger partial charge in [-0.15, -0.1) is 0 Å². The predicted molar refractivity (Wildman–Crippen MR) is 88.7 cm³/mol. The zero-order valence-corrected chi connectivity index (χ0v) is 13.3. The summed E-state index contributed by atoms with van der Waals surface area (Å²) in [6, 6.07) is 11.1. The molecule has 2 aliphatic heterocycles. The Bertz CT molecular complexity index is 896. The van der Waals surface area contributed by atoms with Crippen LogP contribution in [-0.2, 0) is 4.79 Å². The molecule has 5 nitrogen and oxygen atoms in total. The van der Waals surface area contributed by atoms with Crippen molar-refractivity contribution in [3.63, 3.8) is 0 Å². The van der Waals surface area contributed by atoms with Crippen molar-refractivity contribution >= 4 is 23.4 Å². The fourth-order valence-electron chi connectivity index (χ4n) is 3.50.